The molecule has 5 heteroatoms. The van der Waals surface area contributed by atoms with Gasteiger partial charge in [0.05, 0.1) is 5.56 Å². The minimum absolute atomic E-state index is 0.0852. The number of carbonyl (C=O) groups excluding carboxylic acids is 1. The molecule has 1 saturated carbocycles. The van der Waals surface area contributed by atoms with Crippen LogP contribution in [0, 0.1) is 0 Å². The number of nitrogens with two attached hydrogens (primary N) is 2. The summed E-state index contributed by atoms with van der Waals surface area (Å²) in [6.07, 6.45) is 5.36. The van der Waals surface area contributed by atoms with E-state index in [1.54, 1.807) is 12.1 Å². The predicted octanol–water partition coefficient (Wildman–Crippen LogP) is 0.663. The lowest BCUT2D eigenvalue weighted by atomic mass is 9.92. The van der Waals surface area contributed by atoms with Crippen molar-refractivity contribution in [3.8, 4) is 0 Å². The summed E-state index contributed by atoms with van der Waals surface area (Å²) in [6, 6.07) is 3.85. The molecule has 1 fully saturated rings. The van der Waals surface area contributed by atoms with Crippen LogP contribution in [0.15, 0.2) is 18.3 Å². The molecule has 92 valence electrons. The monoisotopic (exact) mass is 234 g/mol. The highest BCUT2D eigenvalue weighted by Gasteiger charge is 2.20. The average molecular weight is 234 g/mol. The van der Waals surface area contributed by atoms with Gasteiger partial charge in [-0.05, 0) is 37.8 Å². The van der Waals surface area contributed by atoms with Crippen molar-refractivity contribution >= 4 is 11.7 Å². The van der Waals surface area contributed by atoms with Crippen LogP contribution in [0.3, 0.4) is 0 Å². The standard InChI is InChI=1S/C12H18N4O/c13-9-2-4-10(5-3-9)16-12(17)8-1-6-11(14)15-7-8/h1,6-7,9-10H,2-5,13H2,(H2,14,15)(H,16,17). The maximum atomic E-state index is 11.9. The fourth-order valence-corrected chi connectivity index (χ4v) is 2.07. The smallest absolute Gasteiger partial charge is 0.253 e. The second-order valence-corrected chi connectivity index (χ2v) is 4.56. The van der Waals surface area contributed by atoms with Gasteiger partial charge in [-0.2, -0.15) is 0 Å². The van der Waals surface area contributed by atoms with Crippen molar-refractivity contribution < 1.29 is 4.79 Å². The molecule has 17 heavy (non-hydrogen) atoms. The summed E-state index contributed by atoms with van der Waals surface area (Å²) in [5.41, 5.74) is 11.8. The van der Waals surface area contributed by atoms with E-state index in [-0.39, 0.29) is 11.9 Å². The molecule has 5 nitrogen and oxygen atoms in total. The number of carbonyl (C=O) groups is 1. The average Bonchev–Trinajstić information content (AvgIpc) is 2.33. The molecule has 1 aromatic heterocycles. The maximum Gasteiger partial charge on any atom is 0.253 e. The molecule has 1 aliphatic carbocycles. The number of aromatic nitrogens is 1. The van der Waals surface area contributed by atoms with Gasteiger partial charge in [0.25, 0.3) is 5.91 Å². The van der Waals surface area contributed by atoms with Crippen LogP contribution in [0.25, 0.3) is 0 Å². The Morgan fingerprint density at radius 1 is 1.29 bits per heavy atom. The third kappa shape index (κ3) is 3.17. The first-order chi connectivity index (χ1) is 8.15. The van der Waals surface area contributed by atoms with Crippen LogP contribution in [0.2, 0.25) is 0 Å². The van der Waals surface area contributed by atoms with Crippen LogP contribution in [-0.2, 0) is 0 Å². The van der Waals surface area contributed by atoms with Crippen molar-refractivity contribution in [1.82, 2.24) is 10.3 Å². The topological polar surface area (TPSA) is 94.0 Å². The molecular formula is C12H18N4O. The van der Waals surface area contributed by atoms with Gasteiger partial charge < -0.3 is 16.8 Å². The molecule has 0 unspecified atom stereocenters. The Labute approximate surface area is 101 Å². The van der Waals surface area contributed by atoms with Crippen LogP contribution < -0.4 is 16.8 Å². The normalized spacial score (nSPS) is 24.3. The molecule has 0 bridgehead atoms. The Morgan fingerprint density at radius 2 is 2.00 bits per heavy atom. The minimum atomic E-state index is -0.0852. The van der Waals surface area contributed by atoms with E-state index in [1.807, 2.05) is 0 Å². The van der Waals surface area contributed by atoms with Gasteiger partial charge in [0.2, 0.25) is 0 Å². The number of nitrogens with zero attached hydrogens (tertiary/aromatic N) is 1. The highest BCUT2D eigenvalue weighted by Crippen LogP contribution is 2.17. The molecule has 2 rings (SSSR count). The SMILES string of the molecule is Nc1ccc(C(=O)NC2CCC(N)CC2)cn1. The first kappa shape index (κ1) is 11.9. The van der Waals surface area contributed by atoms with Gasteiger partial charge in [-0.15, -0.1) is 0 Å². The summed E-state index contributed by atoms with van der Waals surface area (Å²) < 4.78 is 0. The van der Waals surface area contributed by atoms with Crippen molar-refractivity contribution in [2.24, 2.45) is 5.73 Å². The number of rotatable bonds is 2. The van der Waals surface area contributed by atoms with Gasteiger partial charge in [-0.1, -0.05) is 0 Å². The molecular weight excluding hydrogens is 216 g/mol. The highest BCUT2D eigenvalue weighted by molar-refractivity contribution is 5.94. The number of nitrogens with one attached hydrogen (secondary N) is 1. The summed E-state index contributed by atoms with van der Waals surface area (Å²) in [5, 5.41) is 3.00. The fourth-order valence-electron chi connectivity index (χ4n) is 2.07. The Hall–Kier alpha value is -1.62. The van der Waals surface area contributed by atoms with Gasteiger partial charge in [0, 0.05) is 18.3 Å². The molecule has 1 aliphatic rings. The molecule has 0 atom stereocenters. The lowest BCUT2D eigenvalue weighted by Gasteiger charge is -2.26. The van der Waals surface area contributed by atoms with Crippen molar-refractivity contribution in [2.75, 3.05) is 5.73 Å². The zero-order valence-electron chi connectivity index (χ0n) is 9.73. The van der Waals surface area contributed by atoms with Crippen molar-refractivity contribution in [3.05, 3.63) is 23.9 Å². The molecule has 1 amide bonds. The number of hydrogen-bond acceptors (Lipinski definition) is 4. The van der Waals surface area contributed by atoms with Gasteiger partial charge in [0.1, 0.15) is 5.82 Å². The Balaban J connectivity index is 1.91. The van der Waals surface area contributed by atoms with Crippen LogP contribution in [0.5, 0.6) is 0 Å². The predicted molar refractivity (Wildman–Crippen MR) is 66.3 cm³/mol. The van der Waals surface area contributed by atoms with Gasteiger partial charge in [-0.25, -0.2) is 4.98 Å². The molecule has 1 aromatic rings. The second-order valence-electron chi connectivity index (χ2n) is 4.56. The lowest BCUT2D eigenvalue weighted by molar-refractivity contribution is 0.0925. The lowest BCUT2D eigenvalue weighted by Crippen LogP contribution is -2.40. The van der Waals surface area contributed by atoms with E-state index in [9.17, 15) is 4.79 Å². The largest absolute Gasteiger partial charge is 0.384 e. The van der Waals surface area contributed by atoms with Crippen molar-refractivity contribution in [3.63, 3.8) is 0 Å². The van der Waals surface area contributed by atoms with Crippen LogP contribution >= 0.6 is 0 Å². The van der Waals surface area contributed by atoms with E-state index in [4.69, 9.17) is 11.5 Å². The summed E-state index contributed by atoms with van der Waals surface area (Å²) in [5.74, 6) is 0.336. The molecule has 0 spiro atoms. The zero-order chi connectivity index (χ0) is 12.3. The molecule has 0 radical (unpaired) electrons. The maximum absolute atomic E-state index is 11.9. The number of amides is 1. The summed E-state index contributed by atoms with van der Waals surface area (Å²) in [4.78, 5) is 15.8. The fraction of sp³-hybridized carbons (Fsp3) is 0.500. The second kappa shape index (κ2) is 5.14. The van der Waals surface area contributed by atoms with Crippen molar-refractivity contribution in [1.29, 1.82) is 0 Å². The Kier molecular flexibility index (Phi) is 3.58. The quantitative estimate of drug-likeness (QED) is 0.700. The van der Waals surface area contributed by atoms with Gasteiger partial charge in [-0.3, -0.25) is 4.79 Å². The van der Waals surface area contributed by atoms with E-state index in [0.29, 0.717) is 17.4 Å². The third-order valence-corrected chi connectivity index (χ3v) is 3.16. The first-order valence-electron chi connectivity index (χ1n) is 5.93. The van der Waals surface area contributed by atoms with E-state index in [1.165, 1.54) is 6.20 Å². The first-order valence-corrected chi connectivity index (χ1v) is 5.93. The number of pyridine rings is 1. The van der Waals surface area contributed by atoms with Crippen LogP contribution in [0.4, 0.5) is 5.82 Å². The highest BCUT2D eigenvalue weighted by atomic mass is 16.1. The Bertz CT molecular complexity index is 382. The van der Waals surface area contributed by atoms with Crippen LogP contribution in [-0.4, -0.2) is 23.0 Å². The number of hydrogen-bond donors (Lipinski definition) is 3. The summed E-state index contributed by atoms with van der Waals surface area (Å²) in [6.45, 7) is 0. The van der Waals surface area contributed by atoms with E-state index in [2.05, 4.69) is 10.3 Å². The van der Waals surface area contributed by atoms with Crippen molar-refractivity contribution in [2.45, 2.75) is 37.8 Å². The third-order valence-electron chi connectivity index (χ3n) is 3.16. The molecule has 1 heterocycles. The number of anilines is 1. The van der Waals surface area contributed by atoms with E-state index >= 15 is 0 Å². The Morgan fingerprint density at radius 3 is 2.59 bits per heavy atom. The molecule has 0 aliphatic heterocycles. The van der Waals surface area contributed by atoms with E-state index < -0.39 is 0 Å². The van der Waals surface area contributed by atoms with Gasteiger partial charge >= 0.3 is 0 Å². The minimum Gasteiger partial charge on any atom is -0.384 e. The molecule has 0 saturated heterocycles. The van der Waals surface area contributed by atoms with E-state index in [0.717, 1.165) is 25.7 Å². The van der Waals surface area contributed by atoms with Gasteiger partial charge in [0.15, 0.2) is 0 Å². The molecule has 0 aromatic carbocycles. The summed E-state index contributed by atoms with van der Waals surface area (Å²) in [7, 11) is 0. The molecule has 5 N–H and O–H groups in total. The summed E-state index contributed by atoms with van der Waals surface area (Å²) >= 11 is 0. The number of nitrogen functional groups attached to an aromatic ring is 1. The van der Waals surface area contributed by atoms with Crippen LogP contribution in [0.1, 0.15) is 36.0 Å². The zero-order valence-corrected chi connectivity index (χ0v) is 9.73.